The highest BCUT2D eigenvalue weighted by Crippen LogP contribution is 1.92. The molecule has 0 saturated heterocycles. The fraction of sp³-hybridized carbons (Fsp3) is 0.636. The summed E-state index contributed by atoms with van der Waals surface area (Å²) >= 11 is 0. The van der Waals surface area contributed by atoms with Gasteiger partial charge < -0.3 is 10.1 Å². The molecule has 0 saturated carbocycles. The Balaban J connectivity index is 3.08. The zero-order valence-corrected chi connectivity index (χ0v) is 8.86. The molecule has 0 fully saturated rings. The first kappa shape index (κ1) is 12.4. The number of nitrogens with one attached hydrogen (secondary N) is 1. The summed E-state index contributed by atoms with van der Waals surface area (Å²) in [5.74, 6) is 0. The van der Waals surface area contributed by atoms with E-state index in [4.69, 9.17) is 4.74 Å². The van der Waals surface area contributed by atoms with Crippen LogP contribution >= 0.6 is 0 Å². The van der Waals surface area contributed by atoms with E-state index in [1.165, 1.54) is 5.57 Å². The van der Waals surface area contributed by atoms with E-state index in [9.17, 15) is 0 Å². The minimum atomic E-state index is 0.663. The molecular formula is C11H21NO. The molecule has 0 aromatic rings. The van der Waals surface area contributed by atoms with E-state index in [2.05, 4.69) is 25.4 Å². The van der Waals surface area contributed by atoms with Crippen molar-refractivity contribution in [3.8, 4) is 0 Å². The predicted octanol–water partition coefficient (Wildman–Crippen LogP) is 2.13. The summed E-state index contributed by atoms with van der Waals surface area (Å²) in [5.41, 5.74) is 2.30. The molecule has 2 heteroatoms. The van der Waals surface area contributed by atoms with Crippen LogP contribution in [0.4, 0.5) is 0 Å². The number of ether oxygens (including phenoxy) is 1. The van der Waals surface area contributed by atoms with Crippen molar-refractivity contribution in [1.82, 2.24) is 5.32 Å². The summed E-state index contributed by atoms with van der Waals surface area (Å²) in [6, 6.07) is 0. The fourth-order valence-electron chi connectivity index (χ4n) is 0.781. The third kappa shape index (κ3) is 9.31. The van der Waals surface area contributed by atoms with Gasteiger partial charge in [-0.1, -0.05) is 31.2 Å². The van der Waals surface area contributed by atoms with Gasteiger partial charge in [0.1, 0.15) is 0 Å². The molecule has 0 aromatic heterocycles. The van der Waals surface area contributed by atoms with Crippen molar-refractivity contribution in [2.45, 2.75) is 20.3 Å². The maximum absolute atomic E-state index is 5.32. The Hall–Kier alpha value is -0.600. The first-order chi connectivity index (χ1) is 6.16. The van der Waals surface area contributed by atoms with Gasteiger partial charge in [0.05, 0.1) is 13.2 Å². The second-order valence-corrected chi connectivity index (χ2v) is 3.29. The van der Waals surface area contributed by atoms with Crippen LogP contribution < -0.4 is 5.32 Å². The van der Waals surface area contributed by atoms with Gasteiger partial charge in [-0.3, -0.25) is 0 Å². The normalized spacial score (nSPS) is 10.0. The van der Waals surface area contributed by atoms with Gasteiger partial charge in [0, 0.05) is 13.1 Å². The summed E-state index contributed by atoms with van der Waals surface area (Å²) in [4.78, 5) is 0. The summed E-state index contributed by atoms with van der Waals surface area (Å²) in [6.45, 7) is 14.9. The van der Waals surface area contributed by atoms with Crippen LogP contribution in [0, 0.1) is 0 Å². The Labute approximate surface area is 81.7 Å². The number of hydrogen-bond acceptors (Lipinski definition) is 2. The van der Waals surface area contributed by atoms with Crippen molar-refractivity contribution in [3.63, 3.8) is 0 Å². The van der Waals surface area contributed by atoms with Crippen LogP contribution in [0.2, 0.25) is 0 Å². The molecule has 0 heterocycles. The van der Waals surface area contributed by atoms with Crippen LogP contribution in [-0.2, 0) is 4.74 Å². The lowest BCUT2D eigenvalue weighted by molar-refractivity contribution is 0.158. The average Bonchev–Trinajstić information content (AvgIpc) is 2.10. The van der Waals surface area contributed by atoms with E-state index in [-0.39, 0.29) is 0 Å². The molecule has 76 valence electrons. The first-order valence-corrected chi connectivity index (χ1v) is 4.76. The highest BCUT2D eigenvalue weighted by atomic mass is 16.5. The van der Waals surface area contributed by atoms with Gasteiger partial charge in [0.15, 0.2) is 0 Å². The molecular weight excluding hydrogens is 162 g/mol. The Morgan fingerprint density at radius 1 is 1.38 bits per heavy atom. The molecule has 0 amide bonds. The van der Waals surface area contributed by atoms with Crippen LogP contribution in [0.5, 0.6) is 0 Å². The third-order valence-corrected chi connectivity index (χ3v) is 1.65. The summed E-state index contributed by atoms with van der Waals surface area (Å²) in [5, 5.41) is 3.26. The SMILES string of the molecule is C=C(C)COCCNCC(=C)CC. The minimum Gasteiger partial charge on any atom is -0.376 e. The minimum absolute atomic E-state index is 0.663. The fourth-order valence-corrected chi connectivity index (χ4v) is 0.781. The van der Waals surface area contributed by atoms with E-state index in [1.54, 1.807) is 0 Å². The molecule has 0 aliphatic rings. The highest BCUT2D eigenvalue weighted by Gasteiger charge is 1.91. The van der Waals surface area contributed by atoms with E-state index < -0.39 is 0 Å². The maximum atomic E-state index is 5.32. The van der Waals surface area contributed by atoms with Crippen LogP contribution in [0.25, 0.3) is 0 Å². The summed E-state index contributed by atoms with van der Waals surface area (Å²) < 4.78 is 5.32. The summed E-state index contributed by atoms with van der Waals surface area (Å²) in [7, 11) is 0. The molecule has 0 unspecified atom stereocenters. The Morgan fingerprint density at radius 3 is 2.62 bits per heavy atom. The average molecular weight is 183 g/mol. The molecule has 0 atom stereocenters. The largest absolute Gasteiger partial charge is 0.376 e. The highest BCUT2D eigenvalue weighted by molar-refractivity contribution is 4.94. The Kier molecular flexibility index (Phi) is 7.65. The first-order valence-electron chi connectivity index (χ1n) is 4.76. The monoisotopic (exact) mass is 183 g/mol. The van der Waals surface area contributed by atoms with Crippen LogP contribution in [-0.4, -0.2) is 26.3 Å². The number of rotatable bonds is 8. The summed E-state index contributed by atoms with van der Waals surface area (Å²) in [6.07, 6.45) is 1.04. The molecule has 0 aliphatic heterocycles. The second-order valence-electron chi connectivity index (χ2n) is 3.29. The van der Waals surface area contributed by atoms with Crippen molar-refractivity contribution < 1.29 is 4.74 Å². The third-order valence-electron chi connectivity index (χ3n) is 1.65. The maximum Gasteiger partial charge on any atom is 0.0672 e. The van der Waals surface area contributed by atoms with E-state index in [0.717, 1.165) is 31.7 Å². The van der Waals surface area contributed by atoms with Crippen LogP contribution in [0.15, 0.2) is 24.3 Å². The molecule has 1 N–H and O–H groups in total. The molecule has 0 bridgehead atoms. The van der Waals surface area contributed by atoms with E-state index >= 15 is 0 Å². The molecule has 0 rings (SSSR count). The molecule has 13 heavy (non-hydrogen) atoms. The van der Waals surface area contributed by atoms with Gasteiger partial charge in [-0.25, -0.2) is 0 Å². The van der Waals surface area contributed by atoms with Crippen molar-refractivity contribution in [3.05, 3.63) is 24.3 Å². The zero-order chi connectivity index (χ0) is 10.1. The van der Waals surface area contributed by atoms with Crippen molar-refractivity contribution >= 4 is 0 Å². The van der Waals surface area contributed by atoms with Crippen LogP contribution in [0.1, 0.15) is 20.3 Å². The molecule has 0 spiro atoms. The van der Waals surface area contributed by atoms with Gasteiger partial charge in [-0.05, 0) is 13.3 Å². The predicted molar refractivity (Wildman–Crippen MR) is 57.9 cm³/mol. The molecule has 0 radical (unpaired) electrons. The van der Waals surface area contributed by atoms with Gasteiger partial charge in [-0.15, -0.1) is 0 Å². The zero-order valence-electron chi connectivity index (χ0n) is 8.86. The standard InChI is InChI=1S/C11H21NO/c1-5-11(4)8-12-6-7-13-9-10(2)3/h12H,2,4-9H2,1,3H3. The van der Waals surface area contributed by atoms with Gasteiger partial charge in [0.25, 0.3) is 0 Å². The lowest BCUT2D eigenvalue weighted by Gasteiger charge is -2.06. The lowest BCUT2D eigenvalue weighted by atomic mass is 10.2. The van der Waals surface area contributed by atoms with Crippen molar-refractivity contribution in [2.75, 3.05) is 26.3 Å². The van der Waals surface area contributed by atoms with E-state index in [1.807, 2.05) is 6.92 Å². The van der Waals surface area contributed by atoms with Crippen LogP contribution in [0.3, 0.4) is 0 Å². The van der Waals surface area contributed by atoms with Crippen molar-refractivity contribution in [1.29, 1.82) is 0 Å². The smallest absolute Gasteiger partial charge is 0.0672 e. The molecule has 2 nitrogen and oxygen atoms in total. The van der Waals surface area contributed by atoms with Gasteiger partial charge >= 0.3 is 0 Å². The Morgan fingerprint density at radius 2 is 2.08 bits per heavy atom. The second kappa shape index (κ2) is 8.02. The van der Waals surface area contributed by atoms with E-state index in [0.29, 0.717) is 6.61 Å². The van der Waals surface area contributed by atoms with Gasteiger partial charge in [0.2, 0.25) is 0 Å². The topological polar surface area (TPSA) is 21.3 Å². The Bertz CT molecular complexity index is 163. The number of hydrogen-bond donors (Lipinski definition) is 1. The quantitative estimate of drug-likeness (QED) is 0.460. The molecule has 0 aromatic carbocycles. The van der Waals surface area contributed by atoms with Crippen molar-refractivity contribution in [2.24, 2.45) is 0 Å². The molecule has 0 aliphatic carbocycles. The lowest BCUT2D eigenvalue weighted by Crippen LogP contribution is -2.22. The van der Waals surface area contributed by atoms with Gasteiger partial charge in [-0.2, -0.15) is 0 Å².